The van der Waals surface area contributed by atoms with E-state index in [1.807, 2.05) is 24.3 Å². The lowest BCUT2D eigenvalue weighted by atomic mass is 9.55. The molecule has 0 aromatic heterocycles. The zero-order valence-electron chi connectivity index (χ0n) is 19.6. The lowest BCUT2D eigenvalue weighted by Crippen LogP contribution is -2.45. The van der Waals surface area contributed by atoms with Gasteiger partial charge in [0, 0.05) is 11.4 Å². The van der Waals surface area contributed by atoms with Crippen molar-refractivity contribution in [2.45, 2.75) is 57.1 Å². The van der Waals surface area contributed by atoms with Crippen LogP contribution in [0.25, 0.3) is 10.8 Å². The summed E-state index contributed by atoms with van der Waals surface area (Å²) in [5, 5.41) is 33.1. The third-order valence-electron chi connectivity index (χ3n) is 8.66. The van der Waals surface area contributed by atoms with Gasteiger partial charge >= 0.3 is 7.12 Å². The summed E-state index contributed by atoms with van der Waals surface area (Å²) in [5.74, 6) is -1.51. The van der Waals surface area contributed by atoms with Crippen LogP contribution >= 0.6 is 0 Å². The zero-order valence-corrected chi connectivity index (χ0v) is 19.6. The Balaban J connectivity index is 1.39. The van der Waals surface area contributed by atoms with Gasteiger partial charge in [0.2, 0.25) is 11.8 Å². The summed E-state index contributed by atoms with van der Waals surface area (Å²) in [6.07, 6.45) is 5.06. The summed E-state index contributed by atoms with van der Waals surface area (Å²) < 4.78 is 6.07. The average molecular weight is 475 g/mol. The standard InChI is InChI=1S/C27H30BNO6/c30-14-15-12-21-24(27(33)29(26(21)32)16-6-2-1-3-7-16)20-13-23(35-28(34)25(15)20)19-10-11-22(31)18-9-5-4-8-17(18)19/h4-5,8-11,16,20-21,23-24,30-31,34H,1-3,6-7,12-14H2/t20-,21-,23-,24+/m0/s1. The maximum atomic E-state index is 13.8. The number of benzene rings is 2. The maximum Gasteiger partial charge on any atom is 0.487 e. The number of nitrogens with zero attached hydrogens (tertiary/aromatic N) is 1. The van der Waals surface area contributed by atoms with Gasteiger partial charge in [-0.3, -0.25) is 14.5 Å². The molecule has 2 aromatic rings. The van der Waals surface area contributed by atoms with E-state index in [2.05, 4.69) is 0 Å². The molecule has 0 unspecified atom stereocenters. The summed E-state index contributed by atoms with van der Waals surface area (Å²) >= 11 is 0. The molecule has 8 heteroatoms. The Morgan fingerprint density at radius 1 is 0.971 bits per heavy atom. The quantitative estimate of drug-likeness (QED) is 0.465. The number of imide groups is 1. The van der Waals surface area contributed by atoms with Gasteiger partial charge in [-0.25, -0.2) is 0 Å². The highest BCUT2D eigenvalue weighted by Crippen LogP contribution is 2.52. The van der Waals surface area contributed by atoms with Crippen LogP contribution in [-0.2, 0) is 14.2 Å². The molecule has 3 N–H and O–H groups in total. The van der Waals surface area contributed by atoms with Crippen LogP contribution in [0.5, 0.6) is 5.75 Å². The number of allylic oxidation sites excluding steroid dienone is 1. The van der Waals surface area contributed by atoms with Crippen molar-refractivity contribution in [2.75, 3.05) is 6.61 Å². The molecule has 0 radical (unpaired) electrons. The second-order valence-electron chi connectivity index (χ2n) is 10.4. The van der Waals surface area contributed by atoms with Crippen LogP contribution in [0.1, 0.15) is 56.6 Å². The largest absolute Gasteiger partial charge is 0.507 e. The van der Waals surface area contributed by atoms with E-state index < -0.39 is 25.1 Å². The number of fused-ring (bicyclic) bond motifs is 4. The Morgan fingerprint density at radius 3 is 2.46 bits per heavy atom. The summed E-state index contributed by atoms with van der Waals surface area (Å²) in [7, 11) is -1.26. The van der Waals surface area contributed by atoms with E-state index in [1.165, 1.54) is 4.90 Å². The van der Waals surface area contributed by atoms with Crippen LogP contribution < -0.4 is 0 Å². The van der Waals surface area contributed by atoms with Crippen molar-refractivity contribution in [3.63, 3.8) is 0 Å². The first-order chi connectivity index (χ1) is 17.0. The smallest absolute Gasteiger partial charge is 0.487 e. The molecule has 35 heavy (non-hydrogen) atoms. The van der Waals surface area contributed by atoms with E-state index in [4.69, 9.17) is 4.65 Å². The van der Waals surface area contributed by atoms with Gasteiger partial charge in [0.15, 0.2) is 0 Å². The van der Waals surface area contributed by atoms with Gasteiger partial charge in [-0.2, -0.15) is 0 Å². The molecule has 0 bridgehead atoms. The molecule has 4 atom stereocenters. The molecule has 4 aliphatic rings. The van der Waals surface area contributed by atoms with Crippen LogP contribution in [0.3, 0.4) is 0 Å². The number of carbonyl (C=O) groups excluding carboxylic acids is 2. The summed E-state index contributed by atoms with van der Waals surface area (Å²) in [5.41, 5.74) is 2.01. The van der Waals surface area contributed by atoms with Crippen LogP contribution in [0, 0.1) is 17.8 Å². The number of aliphatic hydroxyl groups is 1. The summed E-state index contributed by atoms with van der Waals surface area (Å²) in [4.78, 5) is 28.8. The highest BCUT2D eigenvalue weighted by molar-refractivity contribution is 6.53. The molecule has 6 rings (SSSR count). The van der Waals surface area contributed by atoms with Gasteiger partial charge in [-0.1, -0.05) is 49.6 Å². The average Bonchev–Trinajstić information content (AvgIpc) is 3.13. The van der Waals surface area contributed by atoms with Gasteiger partial charge in [0.05, 0.1) is 24.5 Å². The SMILES string of the molecule is O=C1[C@H]2[C@H](CC(CO)=C3B(O)O[C@H](c4ccc(O)c5ccccc45)C[C@H]32)C(=O)N1C1CCCCC1. The molecule has 2 aliphatic carbocycles. The second kappa shape index (κ2) is 8.77. The van der Waals surface area contributed by atoms with Crippen molar-refractivity contribution in [2.24, 2.45) is 17.8 Å². The van der Waals surface area contributed by atoms with Crippen molar-refractivity contribution in [1.82, 2.24) is 4.90 Å². The van der Waals surface area contributed by atoms with Crippen LogP contribution in [0.2, 0.25) is 0 Å². The molecule has 3 fully saturated rings. The minimum atomic E-state index is -1.26. The molecule has 182 valence electrons. The van der Waals surface area contributed by atoms with E-state index >= 15 is 0 Å². The highest BCUT2D eigenvalue weighted by atomic mass is 16.5. The minimum absolute atomic E-state index is 0.0445. The Labute approximate surface area is 204 Å². The number of rotatable bonds is 3. The van der Waals surface area contributed by atoms with Crippen molar-refractivity contribution in [3.8, 4) is 5.75 Å². The molecule has 2 aromatic carbocycles. The van der Waals surface area contributed by atoms with Gasteiger partial charge in [0.1, 0.15) is 5.75 Å². The molecule has 1 saturated carbocycles. The zero-order chi connectivity index (χ0) is 24.3. The number of carbonyl (C=O) groups is 2. The van der Waals surface area contributed by atoms with Crippen molar-refractivity contribution >= 4 is 29.7 Å². The fourth-order valence-electron chi connectivity index (χ4n) is 7.07. The molecular weight excluding hydrogens is 445 g/mol. The fraction of sp³-hybridized carbons (Fsp3) is 0.481. The summed E-state index contributed by atoms with van der Waals surface area (Å²) in [6.45, 7) is -0.271. The highest BCUT2D eigenvalue weighted by Gasteiger charge is 2.58. The Morgan fingerprint density at radius 2 is 1.71 bits per heavy atom. The number of aromatic hydroxyl groups is 1. The number of hydrogen-bond acceptors (Lipinski definition) is 6. The molecule has 2 saturated heterocycles. The van der Waals surface area contributed by atoms with Crippen molar-refractivity contribution in [1.29, 1.82) is 0 Å². The predicted molar refractivity (Wildman–Crippen MR) is 130 cm³/mol. The Bertz CT molecular complexity index is 1220. The third kappa shape index (κ3) is 3.53. The van der Waals surface area contributed by atoms with Crippen molar-refractivity contribution in [3.05, 3.63) is 53.0 Å². The Kier molecular flexibility index (Phi) is 5.70. The van der Waals surface area contributed by atoms with Gasteiger partial charge < -0.3 is 19.9 Å². The number of likely N-dealkylation sites (tertiary alicyclic amines) is 1. The number of hydrogen-bond donors (Lipinski definition) is 3. The first kappa shape index (κ1) is 22.8. The molecule has 2 amide bonds. The fourth-order valence-corrected chi connectivity index (χ4v) is 7.07. The van der Waals surface area contributed by atoms with Gasteiger partial charge in [-0.15, -0.1) is 0 Å². The predicted octanol–water partition coefficient (Wildman–Crippen LogP) is 3.27. The van der Waals surface area contributed by atoms with Crippen LogP contribution in [-0.4, -0.2) is 51.7 Å². The topological polar surface area (TPSA) is 107 Å². The van der Waals surface area contributed by atoms with Gasteiger partial charge in [-0.05, 0) is 59.7 Å². The Hall–Kier alpha value is -2.68. The molecule has 0 spiro atoms. The van der Waals surface area contributed by atoms with E-state index in [0.29, 0.717) is 22.9 Å². The lowest BCUT2D eigenvalue weighted by Gasteiger charge is -2.42. The van der Waals surface area contributed by atoms with E-state index in [0.717, 1.165) is 43.1 Å². The molecule has 2 aliphatic heterocycles. The second-order valence-corrected chi connectivity index (χ2v) is 10.4. The number of phenolic OH excluding ortho intramolecular Hbond substituents is 1. The minimum Gasteiger partial charge on any atom is -0.507 e. The lowest BCUT2D eigenvalue weighted by molar-refractivity contribution is -0.143. The van der Waals surface area contributed by atoms with Crippen LogP contribution in [0.15, 0.2) is 47.4 Å². The molecule has 7 nitrogen and oxygen atoms in total. The maximum absolute atomic E-state index is 13.8. The van der Waals surface area contributed by atoms with E-state index in [1.54, 1.807) is 12.1 Å². The van der Waals surface area contributed by atoms with E-state index in [-0.39, 0.29) is 42.6 Å². The summed E-state index contributed by atoms with van der Waals surface area (Å²) in [6, 6.07) is 10.9. The van der Waals surface area contributed by atoms with Crippen molar-refractivity contribution < 1.29 is 29.5 Å². The normalized spacial score (nSPS) is 29.7. The third-order valence-corrected chi connectivity index (χ3v) is 8.66. The molecular formula is C27H30BNO6. The first-order valence-electron chi connectivity index (χ1n) is 12.7. The van der Waals surface area contributed by atoms with Gasteiger partial charge in [0.25, 0.3) is 0 Å². The van der Waals surface area contributed by atoms with E-state index in [9.17, 15) is 24.8 Å². The monoisotopic (exact) mass is 475 g/mol. The number of aliphatic hydroxyl groups excluding tert-OH is 1. The number of amides is 2. The molecule has 2 heterocycles. The first-order valence-corrected chi connectivity index (χ1v) is 12.7. The number of phenols is 1. The van der Waals surface area contributed by atoms with Crippen LogP contribution in [0.4, 0.5) is 0 Å².